The fourth-order valence-electron chi connectivity index (χ4n) is 2.27. The maximum atomic E-state index is 9.76. The van der Waals surface area contributed by atoms with Crippen molar-refractivity contribution in [2.45, 2.75) is 32.4 Å². The highest BCUT2D eigenvalue weighted by Crippen LogP contribution is 2.19. The first kappa shape index (κ1) is 12.4. The van der Waals surface area contributed by atoms with E-state index in [0.717, 1.165) is 38.2 Å². The molecule has 3 heteroatoms. The van der Waals surface area contributed by atoms with Gasteiger partial charge in [0.2, 0.25) is 0 Å². The number of ether oxygens (including phenoxy) is 1. The van der Waals surface area contributed by atoms with Gasteiger partial charge in [-0.2, -0.15) is 0 Å². The first-order valence-corrected chi connectivity index (χ1v) is 6.40. The van der Waals surface area contributed by atoms with Crippen LogP contribution in [0.2, 0.25) is 0 Å². The van der Waals surface area contributed by atoms with Gasteiger partial charge in [0.1, 0.15) is 5.75 Å². The Bertz CT molecular complexity index is 348. The van der Waals surface area contributed by atoms with Crippen LogP contribution in [0.5, 0.6) is 5.75 Å². The summed E-state index contributed by atoms with van der Waals surface area (Å²) in [4.78, 5) is 2.32. The van der Waals surface area contributed by atoms with Gasteiger partial charge in [0.05, 0.1) is 6.10 Å². The Labute approximate surface area is 103 Å². The molecule has 1 heterocycles. The van der Waals surface area contributed by atoms with Gasteiger partial charge in [-0.15, -0.1) is 0 Å². The summed E-state index contributed by atoms with van der Waals surface area (Å²) in [5.41, 5.74) is 0.993. The molecule has 1 aliphatic rings. The molecular weight excluding hydrogens is 214 g/mol. The Balaban J connectivity index is 1.92. The highest BCUT2D eigenvalue weighted by Gasteiger charge is 2.18. The summed E-state index contributed by atoms with van der Waals surface area (Å²) in [6, 6.07) is 7.55. The van der Waals surface area contributed by atoms with Crippen LogP contribution in [0.1, 0.15) is 25.3 Å². The second-order valence-electron chi connectivity index (χ2n) is 4.59. The molecular formula is C14H21NO2. The molecule has 1 aromatic carbocycles. The van der Waals surface area contributed by atoms with Crippen LogP contribution in [0, 0.1) is 0 Å². The summed E-state index contributed by atoms with van der Waals surface area (Å²) in [7, 11) is 0. The summed E-state index contributed by atoms with van der Waals surface area (Å²) in [6.45, 7) is 5.79. The van der Waals surface area contributed by atoms with Crippen LogP contribution in [0.4, 0.5) is 0 Å². The van der Waals surface area contributed by atoms with Crippen LogP contribution in [0.25, 0.3) is 0 Å². The van der Waals surface area contributed by atoms with Gasteiger partial charge < -0.3 is 9.84 Å². The summed E-state index contributed by atoms with van der Waals surface area (Å²) in [5.74, 6) is 0.387. The van der Waals surface area contributed by atoms with Crippen molar-refractivity contribution in [3.63, 3.8) is 0 Å². The maximum absolute atomic E-state index is 9.76. The molecule has 1 aliphatic heterocycles. The lowest BCUT2D eigenvalue weighted by Crippen LogP contribution is -2.31. The third-order valence-corrected chi connectivity index (χ3v) is 3.32. The Morgan fingerprint density at radius 2 is 2.24 bits per heavy atom. The predicted molar refractivity (Wildman–Crippen MR) is 68.0 cm³/mol. The number of nitrogens with zero attached hydrogens (tertiary/aromatic N) is 1. The second-order valence-corrected chi connectivity index (χ2v) is 4.59. The van der Waals surface area contributed by atoms with Crippen molar-refractivity contribution >= 4 is 0 Å². The molecule has 2 rings (SSSR count). The number of phenolic OH excluding ortho intramolecular Hbond substituents is 1. The van der Waals surface area contributed by atoms with Crippen molar-refractivity contribution < 1.29 is 9.84 Å². The molecule has 0 amide bonds. The molecule has 1 aromatic rings. The largest absolute Gasteiger partial charge is 0.508 e. The Kier molecular flexibility index (Phi) is 4.40. The summed E-state index contributed by atoms with van der Waals surface area (Å²) >= 11 is 0. The zero-order chi connectivity index (χ0) is 12.1. The number of likely N-dealkylation sites (N-methyl/N-ethyl adjacent to an activating group) is 1. The molecule has 1 atom stereocenters. The fraction of sp³-hybridized carbons (Fsp3) is 0.571. The first-order valence-electron chi connectivity index (χ1n) is 6.40. The zero-order valence-corrected chi connectivity index (χ0v) is 10.4. The molecule has 0 aromatic heterocycles. The van der Waals surface area contributed by atoms with Gasteiger partial charge >= 0.3 is 0 Å². The molecule has 1 saturated heterocycles. The van der Waals surface area contributed by atoms with E-state index < -0.39 is 0 Å². The summed E-state index contributed by atoms with van der Waals surface area (Å²) < 4.78 is 5.65. The highest BCUT2D eigenvalue weighted by atomic mass is 16.5. The van der Waals surface area contributed by atoms with E-state index in [0.29, 0.717) is 11.9 Å². The molecule has 1 fully saturated rings. The number of rotatable bonds is 5. The lowest BCUT2D eigenvalue weighted by molar-refractivity contribution is 0.0722. The van der Waals surface area contributed by atoms with Gasteiger partial charge in [0.25, 0.3) is 0 Å². The number of aromatic hydroxyl groups is 1. The lowest BCUT2D eigenvalue weighted by Gasteiger charge is -2.24. The van der Waals surface area contributed by atoms with E-state index in [9.17, 15) is 5.11 Å². The normalized spacial score (nSPS) is 20.0. The van der Waals surface area contributed by atoms with Crippen molar-refractivity contribution in [3.8, 4) is 5.75 Å². The van der Waals surface area contributed by atoms with E-state index in [1.54, 1.807) is 6.07 Å². The molecule has 1 unspecified atom stereocenters. The van der Waals surface area contributed by atoms with Crippen LogP contribution in [0.15, 0.2) is 24.3 Å². The quantitative estimate of drug-likeness (QED) is 0.850. The molecule has 0 bridgehead atoms. The first-order chi connectivity index (χ1) is 8.29. The molecule has 0 saturated carbocycles. The fourth-order valence-corrected chi connectivity index (χ4v) is 2.27. The molecule has 0 aliphatic carbocycles. The van der Waals surface area contributed by atoms with Gasteiger partial charge in [0.15, 0.2) is 0 Å². The van der Waals surface area contributed by atoms with Gasteiger partial charge in [-0.1, -0.05) is 25.1 Å². The molecule has 3 nitrogen and oxygen atoms in total. The van der Waals surface area contributed by atoms with Crippen LogP contribution in [0.3, 0.4) is 0 Å². The van der Waals surface area contributed by atoms with Gasteiger partial charge in [-0.05, 0) is 25.5 Å². The molecule has 94 valence electrons. The maximum Gasteiger partial charge on any atom is 0.120 e. The lowest BCUT2D eigenvalue weighted by atomic mass is 10.1. The molecule has 0 spiro atoms. The summed E-state index contributed by atoms with van der Waals surface area (Å²) in [6.07, 6.45) is 2.72. The van der Waals surface area contributed by atoms with Crippen molar-refractivity contribution in [2.24, 2.45) is 0 Å². The van der Waals surface area contributed by atoms with Crippen LogP contribution in [-0.2, 0) is 11.3 Å². The number of para-hydroxylation sites is 1. The van der Waals surface area contributed by atoms with Gasteiger partial charge in [0, 0.05) is 25.3 Å². The van der Waals surface area contributed by atoms with Crippen LogP contribution >= 0.6 is 0 Å². The van der Waals surface area contributed by atoms with Crippen LogP contribution in [-0.4, -0.2) is 35.8 Å². The van der Waals surface area contributed by atoms with E-state index in [2.05, 4.69) is 11.8 Å². The number of hydrogen-bond acceptors (Lipinski definition) is 3. The number of phenols is 1. The van der Waals surface area contributed by atoms with Gasteiger partial charge in [-0.3, -0.25) is 4.90 Å². The summed E-state index contributed by atoms with van der Waals surface area (Å²) in [5, 5.41) is 9.76. The third kappa shape index (κ3) is 3.45. The standard InChI is InChI=1S/C14H21NO2/c1-2-15(11-13-7-5-9-17-13)10-12-6-3-4-8-14(12)16/h3-4,6,8,13,16H,2,5,7,9-11H2,1H3. The van der Waals surface area contributed by atoms with Crippen molar-refractivity contribution in [3.05, 3.63) is 29.8 Å². The number of hydrogen-bond donors (Lipinski definition) is 1. The minimum Gasteiger partial charge on any atom is -0.508 e. The monoisotopic (exact) mass is 235 g/mol. The predicted octanol–water partition coefficient (Wildman–Crippen LogP) is 2.39. The van der Waals surface area contributed by atoms with Crippen LogP contribution < -0.4 is 0 Å². The average molecular weight is 235 g/mol. The highest BCUT2D eigenvalue weighted by molar-refractivity contribution is 5.31. The molecule has 1 N–H and O–H groups in total. The van der Waals surface area contributed by atoms with Crippen molar-refractivity contribution in [1.82, 2.24) is 4.90 Å². The number of benzene rings is 1. The molecule has 17 heavy (non-hydrogen) atoms. The topological polar surface area (TPSA) is 32.7 Å². The Morgan fingerprint density at radius 1 is 1.41 bits per heavy atom. The Morgan fingerprint density at radius 3 is 2.88 bits per heavy atom. The van der Waals surface area contributed by atoms with Crippen molar-refractivity contribution in [2.75, 3.05) is 19.7 Å². The van der Waals surface area contributed by atoms with E-state index >= 15 is 0 Å². The zero-order valence-electron chi connectivity index (χ0n) is 10.4. The second kappa shape index (κ2) is 6.03. The minimum atomic E-state index is 0.376. The Hall–Kier alpha value is -1.06. The van der Waals surface area contributed by atoms with E-state index in [1.165, 1.54) is 6.42 Å². The smallest absolute Gasteiger partial charge is 0.120 e. The van der Waals surface area contributed by atoms with E-state index in [4.69, 9.17) is 4.74 Å². The molecule has 0 radical (unpaired) electrons. The SMILES string of the molecule is CCN(Cc1ccccc1O)CC1CCCO1. The third-order valence-electron chi connectivity index (χ3n) is 3.32. The van der Waals surface area contributed by atoms with Gasteiger partial charge in [-0.25, -0.2) is 0 Å². The van der Waals surface area contributed by atoms with Crippen molar-refractivity contribution in [1.29, 1.82) is 0 Å². The average Bonchev–Trinajstić information content (AvgIpc) is 2.84. The van der Waals surface area contributed by atoms with E-state index in [-0.39, 0.29) is 0 Å². The van der Waals surface area contributed by atoms with E-state index in [1.807, 2.05) is 18.2 Å². The minimum absolute atomic E-state index is 0.376.